The molecule has 0 spiro atoms. The van der Waals surface area contributed by atoms with E-state index < -0.39 is 28.0 Å². The molecule has 1 fully saturated rings. The van der Waals surface area contributed by atoms with Gasteiger partial charge in [0.2, 0.25) is 0 Å². The minimum absolute atomic E-state index is 0.00549. The molecule has 1 aliphatic carbocycles. The molecule has 0 heterocycles. The Labute approximate surface area is 119 Å². The van der Waals surface area contributed by atoms with Crippen LogP contribution in [0.2, 0.25) is 0 Å². The Hall–Kier alpha value is -2.22. The van der Waals surface area contributed by atoms with Gasteiger partial charge < -0.3 is 15.1 Å². The number of halogens is 1. The molecule has 0 radical (unpaired) electrons. The number of hydrogen-bond donors (Lipinski definition) is 2. The molecule has 0 saturated heterocycles. The first-order chi connectivity index (χ1) is 9.95. The van der Waals surface area contributed by atoms with Crippen LogP contribution in [0.1, 0.15) is 29.6 Å². The van der Waals surface area contributed by atoms with E-state index in [0.717, 1.165) is 31.4 Å². The van der Waals surface area contributed by atoms with Crippen LogP contribution in [0.4, 0.5) is 15.8 Å². The van der Waals surface area contributed by atoms with E-state index in [4.69, 9.17) is 10.2 Å². The molecular formula is C13H15FN2O5. The van der Waals surface area contributed by atoms with Gasteiger partial charge in [0.1, 0.15) is 17.1 Å². The van der Waals surface area contributed by atoms with Gasteiger partial charge in [0.15, 0.2) is 0 Å². The lowest BCUT2D eigenvalue weighted by molar-refractivity contribution is -0.384. The largest absolute Gasteiger partial charge is 0.478 e. The summed E-state index contributed by atoms with van der Waals surface area (Å²) in [6.45, 7) is -0.0900. The lowest BCUT2D eigenvalue weighted by Gasteiger charge is -2.38. The molecule has 1 aliphatic rings. The molecule has 1 aromatic rings. The molecule has 0 aromatic heterocycles. The molecule has 21 heavy (non-hydrogen) atoms. The number of rotatable bonds is 6. The van der Waals surface area contributed by atoms with Gasteiger partial charge in [0.25, 0.3) is 5.69 Å². The number of carboxylic acid groups (broad SMARTS) is 1. The summed E-state index contributed by atoms with van der Waals surface area (Å²) in [6.07, 6.45) is 2.58. The third-order valence-electron chi connectivity index (χ3n) is 3.66. The number of aromatic carboxylic acids is 1. The Kier molecular flexibility index (Phi) is 4.37. The summed E-state index contributed by atoms with van der Waals surface area (Å²) in [7, 11) is 0. The van der Waals surface area contributed by atoms with Crippen molar-refractivity contribution in [3.05, 3.63) is 33.6 Å². The summed E-state index contributed by atoms with van der Waals surface area (Å²) in [5.41, 5.74) is -1.18. The summed E-state index contributed by atoms with van der Waals surface area (Å²) in [4.78, 5) is 22.9. The van der Waals surface area contributed by atoms with E-state index in [1.54, 1.807) is 4.90 Å². The minimum Gasteiger partial charge on any atom is -0.478 e. The molecule has 7 nitrogen and oxygen atoms in total. The number of carbonyl (C=O) groups is 1. The maximum atomic E-state index is 13.8. The maximum Gasteiger partial charge on any atom is 0.338 e. The quantitative estimate of drug-likeness (QED) is 0.613. The fraction of sp³-hybridized carbons (Fsp3) is 0.462. The van der Waals surface area contributed by atoms with Crippen molar-refractivity contribution in [1.29, 1.82) is 0 Å². The standard InChI is InChI=1S/C13H15FN2O5/c14-10-7-11(15(4-5-17)8-2-1-3-8)12(16(20)21)6-9(10)13(18)19/h6-8,17H,1-5H2,(H,18,19). The topological polar surface area (TPSA) is 104 Å². The SMILES string of the molecule is O=C(O)c1cc([N+](=O)[O-])c(N(CCO)C2CCC2)cc1F. The van der Waals surface area contributed by atoms with Gasteiger partial charge in [-0.3, -0.25) is 10.1 Å². The summed E-state index contributed by atoms with van der Waals surface area (Å²) in [5, 5.41) is 29.1. The fourth-order valence-corrected chi connectivity index (χ4v) is 2.40. The second-order valence-corrected chi connectivity index (χ2v) is 4.88. The predicted molar refractivity (Wildman–Crippen MR) is 72.1 cm³/mol. The van der Waals surface area contributed by atoms with Crippen molar-refractivity contribution in [3.8, 4) is 0 Å². The number of nitrogens with zero attached hydrogens (tertiary/aromatic N) is 2. The van der Waals surface area contributed by atoms with Crippen LogP contribution in [0.15, 0.2) is 12.1 Å². The van der Waals surface area contributed by atoms with Crippen molar-refractivity contribution in [2.24, 2.45) is 0 Å². The number of nitro groups is 1. The van der Waals surface area contributed by atoms with E-state index >= 15 is 0 Å². The van der Waals surface area contributed by atoms with E-state index in [0.29, 0.717) is 0 Å². The van der Waals surface area contributed by atoms with Crippen LogP contribution >= 0.6 is 0 Å². The first kappa shape index (κ1) is 15.2. The highest BCUT2D eigenvalue weighted by Gasteiger charge is 2.31. The number of aliphatic hydroxyl groups excluding tert-OH is 1. The van der Waals surface area contributed by atoms with Crippen LogP contribution in [-0.4, -0.2) is 40.3 Å². The molecule has 8 heteroatoms. The fourth-order valence-electron chi connectivity index (χ4n) is 2.40. The Morgan fingerprint density at radius 2 is 2.14 bits per heavy atom. The van der Waals surface area contributed by atoms with E-state index in [9.17, 15) is 19.3 Å². The van der Waals surface area contributed by atoms with Gasteiger partial charge in [0.05, 0.1) is 11.5 Å². The van der Waals surface area contributed by atoms with Crippen LogP contribution in [-0.2, 0) is 0 Å². The lowest BCUT2D eigenvalue weighted by Crippen LogP contribution is -2.42. The van der Waals surface area contributed by atoms with Gasteiger partial charge >= 0.3 is 5.97 Å². The Morgan fingerprint density at radius 3 is 2.57 bits per heavy atom. The molecule has 0 amide bonds. The molecule has 0 aliphatic heterocycles. The van der Waals surface area contributed by atoms with Crippen molar-refractivity contribution in [2.75, 3.05) is 18.1 Å². The van der Waals surface area contributed by atoms with Gasteiger partial charge in [-0.15, -0.1) is 0 Å². The Balaban J connectivity index is 2.51. The smallest absolute Gasteiger partial charge is 0.338 e. The van der Waals surface area contributed by atoms with Gasteiger partial charge in [-0.05, 0) is 19.3 Å². The molecule has 1 aromatic carbocycles. The number of benzene rings is 1. The first-order valence-corrected chi connectivity index (χ1v) is 6.54. The van der Waals surface area contributed by atoms with Gasteiger partial charge in [-0.1, -0.05) is 0 Å². The highest BCUT2D eigenvalue weighted by molar-refractivity contribution is 5.90. The molecule has 2 N–H and O–H groups in total. The van der Waals surface area contributed by atoms with Crippen LogP contribution in [0.3, 0.4) is 0 Å². The zero-order valence-electron chi connectivity index (χ0n) is 11.2. The van der Waals surface area contributed by atoms with Crippen molar-refractivity contribution >= 4 is 17.3 Å². The second kappa shape index (κ2) is 6.04. The van der Waals surface area contributed by atoms with Crippen LogP contribution < -0.4 is 4.90 Å². The monoisotopic (exact) mass is 298 g/mol. The molecule has 0 unspecified atom stereocenters. The highest BCUT2D eigenvalue weighted by atomic mass is 19.1. The zero-order valence-corrected chi connectivity index (χ0v) is 11.2. The van der Waals surface area contributed by atoms with Crippen molar-refractivity contribution in [3.63, 3.8) is 0 Å². The predicted octanol–water partition coefficient (Wildman–Crippen LogP) is 1.78. The van der Waals surface area contributed by atoms with Crippen molar-refractivity contribution < 1.29 is 24.3 Å². The maximum absolute atomic E-state index is 13.8. The number of hydrogen-bond acceptors (Lipinski definition) is 5. The summed E-state index contributed by atoms with van der Waals surface area (Å²) < 4.78 is 13.8. The summed E-state index contributed by atoms with van der Waals surface area (Å²) >= 11 is 0. The van der Waals surface area contributed by atoms with E-state index in [1.807, 2.05) is 0 Å². The third kappa shape index (κ3) is 2.94. The Morgan fingerprint density at radius 1 is 1.48 bits per heavy atom. The van der Waals surface area contributed by atoms with Crippen molar-refractivity contribution in [2.45, 2.75) is 25.3 Å². The third-order valence-corrected chi connectivity index (χ3v) is 3.66. The molecular weight excluding hydrogens is 283 g/mol. The average molecular weight is 298 g/mol. The molecule has 0 atom stereocenters. The van der Waals surface area contributed by atoms with E-state index in [-0.39, 0.29) is 24.9 Å². The highest BCUT2D eigenvalue weighted by Crippen LogP contribution is 2.36. The zero-order chi connectivity index (χ0) is 15.6. The normalized spacial score (nSPS) is 14.6. The molecule has 2 rings (SSSR count). The number of carboxylic acids is 1. The minimum atomic E-state index is -1.56. The summed E-state index contributed by atoms with van der Waals surface area (Å²) in [5.74, 6) is -2.58. The lowest BCUT2D eigenvalue weighted by atomic mass is 9.90. The Bertz CT molecular complexity index is 574. The van der Waals surface area contributed by atoms with Gasteiger partial charge in [-0.25, -0.2) is 9.18 Å². The number of aliphatic hydroxyl groups is 1. The first-order valence-electron chi connectivity index (χ1n) is 6.54. The van der Waals surface area contributed by atoms with Crippen LogP contribution in [0.25, 0.3) is 0 Å². The molecule has 1 saturated carbocycles. The average Bonchev–Trinajstić information content (AvgIpc) is 2.34. The summed E-state index contributed by atoms with van der Waals surface area (Å²) in [6, 6.07) is 1.61. The molecule has 114 valence electrons. The van der Waals surface area contributed by atoms with Gasteiger partial charge in [-0.2, -0.15) is 0 Å². The van der Waals surface area contributed by atoms with Crippen LogP contribution in [0, 0.1) is 15.9 Å². The van der Waals surface area contributed by atoms with E-state index in [2.05, 4.69) is 0 Å². The van der Waals surface area contributed by atoms with Gasteiger partial charge in [0, 0.05) is 24.7 Å². The second-order valence-electron chi connectivity index (χ2n) is 4.88. The van der Waals surface area contributed by atoms with Crippen molar-refractivity contribution in [1.82, 2.24) is 0 Å². The number of nitro benzene ring substituents is 1. The van der Waals surface area contributed by atoms with Crippen LogP contribution in [0.5, 0.6) is 0 Å². The van der Waals surface area contributed by atoms with E-state index in [1.165, 1.54) is 0 Å². The molecule has 0 bridgehead atoms. The number of anilines is 1.